The van der Waals surface area contributed by atoms with Crippen molar-refractivity contribution in [3.63, 3.8) is 0 Å². The maximum absolute atomic E-state index is 10.7. The fraction of sp³-hybridized carbons (Fsp3) is 0.400. The van der Waals surface area contributed by atoms with E-state index in [-0.39, 0.29) is 0 Å². The Kier molecular flexibility index (Phi) is 4.12. The zero-order valence-corrected chi connectivity index (χ0v) is 12.9. The number of hydrogen-bond acceptors (Lipinski definition) is 1. The number of hydrogen-bond donors (Lipinski definition) is 1. The highest BCUT2D eigenvalue weighted by atomic mass is 16.3. The Morgan fingerprint density at radius 1 is 1.00 bits per heavy atom. The topological polar surface area (TPSA) is 20.2 Å². The first-order chi connectivity index (χ1) is 10.1. The molecule has 110 valence electrons. The van der Waals surface area contributed by atoms with Crippen molar-refractivity contribution in [1.82, 2.24) is 0 Å². The normalized spacial score (nSPS) is 16.2. The average Bonchev–Trinajstić information content (AvgIpc) is 3.31. The fourth-order valence-electron chi connectivity index (χ4n) is 2.95. The molecule has 0 spiro atoms. The zero-order chi connectivity index (χ0) is 14.8. The Balaban J connectivity index is 1.83. The molecule has 0 bridgehead atoms. The second kappa shape index (κ2) is 6.03. The van der Waals surface area contributed by atoms with Crippen LogP contribution in [0.2, 0.25) is 0 Å². The lowest BCUT2D eigenvalue weighted by Crippen LogP contribution is -2.02. The van der Waals surface area contributed by atoms with Crippen LogP contribution in [0.1, 0.15) is 61.0 Å². The number of rotatable bonds is 5. The van der Waals surface area contributed by atoms with E-state index in [9.17, 15) is 5.11 Å². The first kappa shape index (κ1) is 14.3. The van der Waals surface area contributed by atoms with Gasteiger partial charge in [0.25, 0.3) is 0 Å². The van der Waals surface area contributed by atoms with Crippen LogP contribution in [0.4, 0.5) is 0 Å². The third-order valence-corrected chi connectivity index (χ3v) is 4.19. The number of benzene rings is 2. The highest BCUT2D eigenvalue weighted by Crippen LogP contribution is 2.40. The average molecular weight is 280 g/mol. The molecule has 1 atom stereocenters. The lowest BCUT2D eigenvalue weighted by molar-refractivity contribution is 0.220. The van der Waals surface area contributed by atoms with Gasteiger partial charge in [0.15, 0.2) is 0 Å². The van der Waals surface area contributed by atoms with Crippen LogP contribution in [0.5, 0.6) is 0 Å². The van der Waals surface area contributed by atoms with Crippen LogP contribution in [0, 0.1) is 5.92 Å². The van der Waals surface area contributed by atoms with Crippen LogP contribution in [0.3, 0.4) is 0 Å². The maximum Gasteiger partial charge on any atom is 0.104 e. The molecular formula is C20H24O. The van der Waals surface area contributed by atoms with Gasteiger partial charge in [0.1, 0.15) is 6.10 Å². The fourth-order valence-corrected chi connectivity index (χ4v) is 2.95. The van der Waals surface area contributed by atoms with Crippen LogP contribution in [0.15, 0.2) is 48.5 Å². The molecule has 1 aliphatic carbocycles. The summed E-state index contributed by atoms with van der Waals surface area (Å²) in [5.74, 6) is 1.36. The third-order valence-electron chi connectivity index (χ3n) is 4.19. The lowest BCUT2D eigenvalue weighted by Gasteiger charge is -2.14. The van der Waals surface area contributed by atoms with Gasteiger partial charge in [0, 0.05) is 0 Å². The van der Waals surface area contributed by atoms with Crippen LogP contribution < -0.4 is 0 Å². The Morgan fingerprint density at radius 3 is 2.33 bits per heavy atom. The molecule has 1 heteroatoms. The Bertz CT molecular complexity index is 611. The van der Waals surface area contributed by atoms with E-state index in [1.54, 1.807) is 0 Å². The van der Waals surface area contributed by atoms with Crippen molar-refractivity contribution in [2.24, 2.45) is 5.92 Å². The first-order valence-electron chi connectivity index (χ1n) is 8.00. The molecule has 3 rings (SSSR count). The minimum Gasteiger partial charge on any atom is -0.384 e. The standard InChI is InChI=1S/C20H24O/c1-14(2)11-15-5-3-7-18(12-15)20(21)19-8-4-6-17(13-19)16-9-10-16/h3-8,12-14,16,20-21H,9-11H2,1-2H3. The van der Waals surface area contributed by atoms with Crippen molar-refractivity contribution >= 4 is 0 Å². The number of aliphatic hydroxyl groups is 1. The second-order valence-corrected chi connectivity index (χ2v) is 6.69. The summed E-state index contributed by atoms with van der Waals surface area (Å²) in [6, 6.07) is 16.8. The van der Waals surface area contributed by atoms with E-state index in [2.05, 4.69) is 50.2 Å². The van der Waals surface area contributed by atoms with Crippen LogP contribution >= 0.6 is 0 Å². The second-order valence-electron chi connectivity index (χ2n) is 6.69. The Hall–Kier alpha value is -1.60. The molecule has 21 heavy (non-hydrogen) atoms. The molecular weight excluding hydrogens is 256 g/mol. The summed E-state index contributed by atoms with van der Waals surface area (Å²) in [5.41, 5.74) is 4.70. The zero-order valence-electron chi connectivity index (χ0n) is 12.9. The van der Waals surface area contributed by atoms with Gasteiger partial charge < -0.3 is 5.11 Å². The summed E-state index contributed by atoms with van der Waals surface area (Å²) in [7, 11) is 0. The number of aliphatic hydroxyl groups excluding tert-OH is 1. The quantitative estimate of drug-likeness (QED) is 0.830. The summed E-state index contributed by atoms with van der Waals surface area (Å²) in [5, 5.41) is 10.7. The predicted molar refractivity (Wildman–Crippen MR) is 87.5 cm³/mol. The Labute approximate surface area is 127 Å². The van der Waals surface area contributed by atoms with Gasteiger partial charge in [-0.15, -0.1) is 0 Å². The van der Waals surface area contributed by atoms with Gasteiger partial charge in [0.05, 0.1) is 0 Å². The monoisotopic (exact) mass is 280 g/mol. The van der Waals surface area contributed by atoms with Crippen molar-refractivity contribution in [2.75, 3.05) is 0 Å². The molecule has 0 aromatic heterocycles. The van der Waals surface area contributed by atoms with Crippen molar-refractivity contribution in [3.8, 4) is 0 Å². The maximum atomic E-state index is 10.7. The molecule has 0 heterocycles. The molecule has 1 N–H and O–H groups in total. The molecule has 2 aromatic carbocycles. The minimum absolute atomic E-state index is 0.518. The summed E-state index contributed by atoms with van der Waals surface area (Å²) < 4.78 is 0. The summed E-state index contributed by atoms with van der Waals surface area (Å²) in [6.45, 7) is 4.45. The van der Waals surface area contributed by atoms with Gasteiger partial charge in [-0.3, -0.25) is 0 Å². The summed E-state index contributed by atoms with van der Waals surface area (Å²) in [4.78, 5) is 0. The van der Waals surface area contributed by atoms with Gasteiger partial charge in [0.2, 0.25) is 0 Å². The van der Waals surface area contributed by atoms with E-state index in [4.69, 9.17) is 0 Å². The van der Waals surface area contributed by atoms with Crippen molar-refractivity contribution < 1.29 is 5.11 Å². The van der Waals surface area contributed by atoms with Crippen molar-refractivity contribution in [2.45, 2.75) is 45.1 Å². The van der Waals surface area contributed by atoms with Crippen molar-refractivity contribution in [1.29, 1.82) is 0 Å². The van der Waals surface area contributed by atoms with E-state index in [1.807, 2.05) is 12.1 Å². The Morgan fingerprint density at radius 2 is 1.67 bits per heavy atom. The first-order valence-corrected chi connectivity index (χ1v) is 8.00. The van der Waals surface area contributed by atoms with E-state index in [1.165, 1.54) is 24.0 Å². The summed E-state index contributed by atoms with van der Waals surface area (Å²) in [6.07, 6.45) is 3.13. The molecule has 0 amide bonds. The minimum atomic E-state index is -0.518. The smallest absolute Gasteiger partial charge is 0.104 e. The molecule has 1 aliphatic rings. The van der Waals surface area contributed by atoms with Gasteiger partial charge in [-0.25, -0.2) is 0 Å². The molecule has 1 nitrogen and oxygen atoms in total. The van der Waals surface area contributed by atoms with E-state index in [0.29, 0.717) is 5.92 Å². The van der Waals surface area contributed by atoms with Crippen molar-refractivity contribution in [3.05, 3.63) is 70.8 Å². The van der Waals surface area contributed by atoms with E-state index < -0.39 is 6.10 Å². The molecule has 0 aliphatic heterocycles. The van der Waals surface area contributed by atoms with Crippen LogP contribution in [-0.4, -0.2) is 5.11 Å². The summed E-state index contributed by atoms with van der Waals surface area (Å²) >= 11 is 0. The molecule has 1 fully saturated rings. The van der Waals surface area contributed by atoms with Gasteiger partial charge in [-0.05, 0) is 53.4 Å². The molecule has 0 radical (unpaired) electrons. The molecule has 2 aromatic rings. The van der Waals surface area contributed by atoms with Gasteiger partial charge in [-0.1, -0.05) is 62.4 Å². The predicted octanol–water partition coefficient (Wildman–Crippen LogP) is 4.84. The highest BCUT2D eigenvalue weighted by Gasteiger charge is 2.24. The van der Waals surface area contributed by atoms with Crippen LogP contribution in [0.25, 0.3) is 0 Å². The van der Waals surface area contributed by atoms with E-state index >= 15 is 0 Å². The van der Waals surface area contributed by atoms with E-state index in [0.717, 1.165) is 23.5 Å². The SMILES string of the molecule is CC(C)Cc1cccc(C(O)c2cccc(C3CC3)c2)c1. The molecule has 0 saturated heterocycles. The molecule has 1 unspecified atom stereocenters. The van der Waals surface area contributed by atoms with Gasteiger partial charge in [-0.2, -0.15) is 0 Å². The van der Waals surface area contributed by atoms with Crippen LogP contribution in [-0.2, 0) is 6.42 Å². The lowest BCUT2D eigenvalue weighted by atomic mass is 9.95. The highest BCUT2D eigenvalue weighted by molar-refractivity contribution is 5.36. The molecule has 1 saturated carbocycles. The largest absolute Gasteiger partial charge is 0.384 e. The third kappa shape index (κ3) is 3.54. The van der Waals surface area contributed by atoms with Gasteiger partial charge >= 0.3 is 0 Å².